The molecule has 116 valence electrons. The van der Waals surface area contributed by atoms with E-state index in [1.807, 2.05) is 6.92 Å². The molecular weight excluding hydrogens is 284 g/mol. The van der Waals surface area contributed by atoms with Crippen LogP contribution in [0.5, 0.6) is 0 Å². The van der Waals surface area contributed by atoms with Crippen LogP contribution in [-0.2, 0) is 16.1 Å². The van der Waals surface area contributed by atoms with Gasteiger partial charge in [0.05, 0.1) is 4.92 Å². The van der Waals surface area contributed by atoms with E-state index in [1.165, 1.54) is 11.6 Å². The molecule has 0 amide bonds. The molecule has 0 saturated heterocycles. The third-order valence-corrected chi connectivity index (χ3v) is 2.64. The topological polar surface area (TPSA) is 139 Å². The second-order valence-electron chi connectivity index (χ2n) is 4.38. The fourth-order valence-electron chi connectivity index (χ4n) is 1.99. The number of nitro groups is 1. The lowest BCUT2D eigenvalue weighted by Crippen LogP contribution is -2.36. The van der Waals surface area contributed by atoms with Crippen LogP contribution in [0.2, 0.25) is 0 Å². The molecule has 0 radical (unpaired) electrons. The van der Waals surface area contributed by atoms with Crippen LogP contribution in [0.1, 0.15) is 19.0 Å². The zero-order valence-corrected chi connectivity index (χ0v) is 11.6. The van der Waals surface area contributed by atoms with Crippen molar-refractivity contribution < 1.29 is 24.7 Å². The van der Waals surface area contributed by atoms with E-state index in [9.17, 15) is 19.7 Å². The van der Waals surface area contributed by atoms with Crippen LogP contribution in [0.4, 0.5) is 11.5 Å². The number of hydrogen-bond acceptors (Lipinski definition) is 6. The Morgan fingerprint density at radius 1 is 1.33 bits per heavy atom. The molecule has 0 bridgehead atoms. The molecule has 0 spiro atoms. The summed E-state index contributed by atoms with van der Waals surface area (Å²) in [4.78, 5) is 33.2. The highest BCUT2D eigenvalue weighted by Crippen LogP contribution is 2.31. The van der Waals surface area contributed by atoms with E-state index in [4.69, 9.17) is 10.2 Å². The predicted molar refractivity (Wildman–Crippen MR) is 71.4 cm³/mol. The van der Waals surface area contributed by atoms with Crippen LogP contribution in [0.15, 0.2) is 0 Å². The molecule has 0 aliphatic carbocycles. The zero-order valence-electron chi connectivity index (χ0n) is 11.6. The molecule has 10 heteroatoms. The quantitative estimate of drug-likeness (QED) is 0.522. The highest BCUT2D eigenvalue weighted by Gasteiger charge is 2.31. The van der Waals surface area contributed by atoms with Crippen LogP contribution < -0.4 is 4.90 Å². The minimum absolute atomic E-state index is 0.0934. The van der Waals surface area contributed by atoms with E-state index < -0.39 is 30.0 Å². The van der Waals surface area contributed by atoms with Crippen LogP contribution >= 0.6 is 0 Å². The molecule has 0 fully saturated rings. The monoisotopic (exact) mass is 300 g/mol. The Morgan fingerprint density at radius 3 is 2.24 bits per heavy atom. The molecular formula is C11H16N4O6. The Bertz CT molecular complexity index is 551. The van der Waals surface area contributed by atoms with E-state index in [0.717, 1.165) is 4.90 Å². The van der Waals surface area contributed by atoms with E-state index in [1.54, 1.807) is 0 Å². The summed E-state index contributed by atoms with van der Waals surface area (Å²) in [5.41, 5.74) is -0.254. The highest BCUT2D eigenvalue weighted by atomic mass is 16.6. The summed E-state index contributed by atoms with van der Waals surface area (Å²) in [6, 6.07) is 0. The van der Waals surface area contributed by atoms with Crippen molar-refractivity contribution in [3.8, 4) is 0 Å². The van der Waals surface area contributed by atoms with Crippen molar-refractivity contribution in [2.75, 3.05) is 18.0 Å². The largest absolute Gasteiger partial charge is 0.480 e. The number of aliphatic carboxylic acids is 2. The predicted octanol–water partition coefficient (Wildman–Crippen LogP) is 0.485. The van der Waals surface area contributed by atoms with Gasteiger partial charge in [-0.15, -0.1) is 0 Å². The van der Waals surface area contributed by atoms with Crippen molar-refractivity contribution in [2.45, 2.75) is 26.8 Å². The number of carboxylic acid groups (broad SMARTS) is 2. The minimum Gasteiger partial charge on any atom is -0.480 e. The smallest absolute Gasteiger partial charge is 0.333 e. The molecule has 0 aliphatic heterocycles. The van der Waals surface area contributed by atoms with Gasteiger partial charge in [-0.05, 0) is 13.3 Å². The molecule has 0 aliphatic rings. The maximum atomic E-state index is 11.2. The van der Waals surface area contributed by atoms with Crippen molar-refractivity contribution in [1.82, 2.24) is 9.78 Å². The molecule has 2 N–H and O–H groups in total. The summed E-state index contributed by atoms with van der Waals surface area (Å²) < 4.78 is 1.28. The summed E-state index contributed by atoms with van der Waals surface area (Å²) in [6.45, 7) is 2.24. The number of aromatic nitrogens is 2. The van der Waals surface area contributed by atoms with Gasteiger partial charge in [-0.2, -0.15) is 5.10 Å². The number of rotatable bonds is 8. The molecule has 1 rings (SSSR count). The Balaban J connectivity index is 3.40. The molecule has 1 aromatic rings. The lowest BCUT2D eigenvalue weighted by molar-refractivity contribution is -0.384. The molecule has 1 aromatic heterocycles. The Hall–Kier alpha value is -2.65. The van der Waals surface area contributed by atoms with E-state index in [0.29, 0.717) is 13.0 Å². The Labute approximate surface area is 119 Å². The first kappa shape index (κ1) is 16.4. The van der Waals surface area contributed by atoms with E-state index >= 15 is 0 Å². The van der Waals surface area contributed by atoms with E-state index in [-0.39, 0.29) is 17.2 Å². The average Bonchev–Trinajstić information content (AvgIpc) is 2.64. The van der Waals surface area contributed by atoms with Crippen LogP contribution in [0, 0.1) is 17.0 Å². The average molecular weight is 300 g/mol. The van der Waals surface area contributed by atoms with Crippen molar-refractivity contribution >= 4 is 23.4 Å². The normalized spacial score (nSPS) is 10.4. The number of hydrogen-bond donors (Lipinski definition) is 2. The molecule has 10 nitrogen and oxygen atoms in total. The lowest BCUT2D eigenvalue weighted by atomic mass is 10.3. The molecule has 0 aromatic carbocycles. The Kier molecular flexibility index (Phi) is 5.22. The van der Waals surface area contributed by atoms with Gasteiger partial charge in [0, 0.05) is 6.54 Å². The van der Waals surface area contributed by atoms with Gasteiger partial charge in [-0.3, -0.25) is 19.7 Å². The van der Waals surface area contributed by atoms with Gasteiger partial charge in [-0.25, -0.2) is 4.68 Å². The standard InChI is InChI=1S/C11H16N4O6/c1-3-4-14-11(10(15(20)21)7(2)12-14)13(5-8(16)17)6-9(18)19/h3-6H2,1-2H3,(H,16,17)(H,18,19). The van der Waals surface area contributed by atoms with Gasteiger partial charge in [-0.1, -0.05) is 6.92 Å². The first-order valence-corrected chi connectivity index (χ1v) is 6.18. The molecule has 1 heterocycles. The van der Waals surface area contributed by atoms with Gasteiger partial charge < -0.3 is 15.1 Å². The number of carboxylic acids is 2. The SMILES string of the molecule is CCCn1nc(C)c([N+](=O)[O-])c1N(CC(=O)O)CC(=O)O. The maximum absolute atomic E-state index is 11.2. The number of aryl methyl sites for hydroxylation is 2. The molecule has 0 unspecified atom stereocenters. The van der Waals surface area contributed by atoms with Crippen molar-refractivity contribution in [2.24, 2.45) is 0 Å². The summed E-state index contributed by atoms with van der Waals surface area (Å²) in [5, 5.41) is 32.9. The summed E-state index contributed by atoms with van der Waals surface area (Å²) in [7, 11) is 0. The number of anilines is 1. The van der Waals surface area contributed by atoms with Gasteiger partial charge in [0.25, 0.3) is 0 Å². The number of carbonyl (C=O) groups is 2. The molecule has 0 saturated carbocycles. The minimum atomic E-state index is -1.28. The van der Waals surface area contributed by atoms with Gasteiger partial charge in [0.15, 0.2) is 0 Å². The van der Waals surface area contributed by atoms with Gasteiger partial charge >= 0.3 is 17.6 Å². The third-order valence-electron chi connectivity index (χ3n) is 2.64. The maximum Gasteiger partial charge on any atom is 0.333 e. The second-order valence-corrected chi connectivity index (χ2v) is 4.38. The van der Waals surface area contributed by atoms with Crippen molar-refractivity contribution in [3.05, 3.63) is 15.8 Å². The fraction of sp³-hybridized carbons (Fsp3) is 0.545. The highest BCUT2D eigenvalue weighted by molar-refractivity contribution is 5.81. The molecule has 21 heavy (non-hydrogen) atoms. The first-order chi connectivity index (χ1) is 9.77. The molecule has 0 atom stereocenters. The van der Waals surface area contributed by atoms with Crippen LogP contribution in [0.25, 0.3) is 0 Å². The van der Waals surface area contributed by atoms with Gasteiger partial charge in [0.2, 0.25) is 5.82 Å². The zero-order chi connectivity index (χ0) is 16.2. The van der Waals surface area contributed by atoms with Crippen LogP contribution in [-0.4, -0.2) is 49.9 Å². The van der Waals surface area contributed by atoms with E-state index in [2.05, 4.69) is 5.10 Å². The van der Waals surface area contributed by atoms with Crippen molar-refractivity contribution in [1.29, 1.82) is 0 Å². The van der Waals surface area contributed by atoms with Crippen molar-refractivity contribution in [3.63, 3.8) is 0 Å². The summed E-state index contributed by atoms with van der Waals surface area (Å²) in [6.07, 6.45) is 0.610. The van der Waals surface area contributed by atoms with Gasteiger partial charge in [0.1, 0.15) is 18.8 Å². The summed E-state index contributed by atoms with van der Waals surface area (Å²) in [5.74, 6) is -2.66. The third kappa shape index (κ3) is 3.91. The number of nitrogens with zero attached hydrogens (tertiary/aromatic N) is 4. The summed E-state index contributed by atoms with van der Waals surface area (Å²) >= 11 is 0. The Morgan fingerprint density at radius 2 is 1.86 bits per heavy atom. The lowest BCUT2D eigenvalue weighted by Gasteiger charge is -2.20. The fourth-order valence-corrected chi connectivity index (χ4v) is 1.99. The second kappa shape index (κ2) is 6.68. The van der Waals surface area contributed by atoms with Crippen LogP contribution in [0.3, 0.4) is 0 Å². The first-order valence-electron chi connectivity index (χ1n) is 6.18.